The SMILES string of the molecule is CC1(C)C=C2CC(=O)C(c3ccccc3)=C2C1O[Si](C)(C)C(C)(C)C. The van der Waals surface area contributed by atoms with E-state index in [4.69, 9.17) is 4.43 Å². The van der Waals surface area contributed by atoms with E-state index in [0.717, 1.165) is 16.7 Å². The standard InChI is InChI=1S/C22H30O2Si/c1-21(2,3)25(6,7)24-20-19-16(14-22(20,4)5)13-17(23)18(19)15-11-9-8-10-12-15/h8-12,14,20H,13H2,1-7H3. The van der Waals surface area contributed by atoms with E-state index >= 15 is 0 Å². The van der Waals surface area contributed by atoms with Crippen molar-refractivity contribution in [2.45, 2.75) is 65.3 Å². The average molecular weight is 355 g/mol. The molecule has 3 rings (SSSR count). The first-order chi connectivity index (χ1) is 11.4. The largest absolute Gasteiger partial charge is 0.409 e. The third-order valence-electron chi connectivity index (χ3n) is 6.01. The predicted octanol–water partition coefficient (Wildman–Crippen LogP) is 5.77. The second-order valence-electron chi connectivity index (χ2n) is 9.50. The number of Topliss-reactive ketones (excluding diaryl/α,β-unsaturated/α-hetero) is 1. The molecular formula is C22H30O2Si. The van der Waals surface area contributed by atoms with Crippen molar-refractivity contribution in [2.24, 2.45) is 5.41 Å². The second kappa shape index (κ2) is 5.78. The molecule has 0 saturated carbocycles. The summed E-state index contributed by atoms with van der Waals surface area (Å²) in [6.45, 7) is 15.8. The van der Waals surface area contributed by atoms with Gasteiger partial charge in [0.15, 0.2) is 14.1 Å². The Morgan fingerprint density at radius 3 is 2.28 bits per heavy atom. The van der Waals surface area contributed by atoms with Gasteiger partial charge in [0.25, 0.3) is 0 Å². The normalized spacial score (nSPS) is 23.1. The summed E-state index contributed by atoms with van der Waals surface area (Å²) in [5, 5.41) is 0.141. The summed E-state index contributed by atoms with van der Waals surface area (Å²) in [6, 6.07) is 10.1. The zero-order valence-electron chi connectivity index (χ0n) is 16.6. The number of rotatable bonds is 3. The summed E-state index contributed by atoms with van der Waals surface area (Å²) < 4.78 is 6.87. The molecule has 2 aliphatic carbocycles. The van der Waals surface area contributed by atoms with E-state index in [0.29, 0.717) is 6.42 Å². The molecule has 0 heterocycles. The highest BCUT2D eigenvalue weighted by molar-refractivity contribution is 6.74. The van der Waals surface area contributed by atoms with Crippen LogP contribution >= 0.6 is 0 Å². The minimum atomic E-state index is -1.95. The molecule has 0 N–H and O–H groups in total. The summed E-state index contributed by atoms with van der Waals surface area (Å²) >= 11 is 0. The first kappa shape index (κ1) is 18.3. The van der Waals surface area contributed by atoms with E-state index in [-0.39, 0.29) is 22.3 Å². The first-order valence-corrected chi connectivity index (χ1v) is 12.1. The van der Waals surface area contributed by atoms with Crippen molar-refractivity contribution in [3.05, 3.63) is 53.1 Å². The van der Waals surface area contributed by atoms with Crippen LogP contribution in [0.3, 0.4) is 0 Å². The lowest BCUT2D eigenvalue weighted by atomic mass is 9.86. The van der Waals surface area contributed by atoms with E-state index in [1.807, 2.05) is 30.3 Å². The Balaban J connectivity index is 2.11. The summed E-state index contributed by atoms with van der Waals surface area (Å²) in [7, 11) is -1.95. The van der Waals surface area contributed by atoms with Gasteiger partial charge in [0, 0.05) is 17.4 Å². The van der Waals surface area contributed by atoms with E-state index < -0.39 is 8.32 Å². The molecule has 1 aromatic rings. The van der Waals surface area contributed by atoms with E-state index in [9.17, 15) is 4.79 Å². The van der Waals surface area contributed by atoms with E-state index in [1.54, 1.807) is 0 Å². The molecule has 0 saturated heterocycles. The van der Waals surface area contributed by atoms with E-state index in [1.165, 1.54) is 5.57 Å². The second-order valence-corrected chi connectivity index (χ2v) is 14.3. The number of allylic oxidation sites excluding steroid dienone is 1. The van der Waals surface area contributed by atoms with Crippen LogP contribution in [-0.2, 0) is 9.22 Å². The Bertz CT molecular complexity index is 761. The average Bonchev–Trinajstić information content (AvgIpc) is 2.90. The van der Waals surface area contributed by atoms with Gasteiger partial charge in [0.1, 0.15) is 0 Å². The number of carbonyl (C=O) groups excluding carboxylic acids is 1. The number of hydrogen-bond acceptors (Lipinski definition) is 2. The molecule has 2 aliphatic rings. The molecule has 0 bridgehead atoms. The van der Waals surface area contributed by atoms with Crippen LogP contribution in [0.4, 0.5) is 0 Å². The molecule has 1 aromatic carbocycles. The van der Waals surface area contributed by atoms with Gasteiger partial charge in [0.2, 0.25) is 0 Å². The van der Waals surface area contributed by atoms with Gasteiger partial charge in [-0.05, 0) is 34.8 Å². The third-order valence-corrected chi connectivity index (χ3v) is 10.4. The maximum absolute atomic E-state index is 12.8. The Kier molecular flexibility index (Phi) is 4.24. The molecule has 1 atom stereocenters. The molecule has 0 fully saturated rings. The van der Waals surface area contributed by atoms with E-state index in [2.05, 4.69) is 53.8 Å². The van der Waals surface area contributed by atoms with Gasteiger partial charge >= 0.3 is 0 Å². The van der Waals surface area contributed by atoms with Crippen LogP contribution in [0, 0.1) is 5.41 Å². The molecular weight excluding hydrogens is 324 g/mol. The molecule has 134 valence electrons. The monoisotopic (exact) mass is 354 g/mol. The fourth-order valence-electron chi connectivity index (χ4n) is 3.60. The summed E-state index contributed by atoms with van der Waals surface area (Å²) in [4.78, 5) is 12.8. The Labute approximate surface area is 153 Å². The van der Waals surface area contributed by atoms with Crippen molar-refractivity contribution in [3.8, 4) is 0 Å². The van der Waals surface area contributed by atoms with Crippen molar-refractivity contribution < 1.29 is 9.22 Å². The zero-order valence-corrected chi connectivity index (χ0v) is 17.6. The number of hydrogen-bond donors (Lipinski definition) is 0. The molecule has 0 aliphatic heterocycles. The lowest BCUT2D eigenvalue weighted by molar-refractivity contribution is -0.112. The highest BCUT2D eigenvalue weighted by atomic mass is 28.4. The fraction of sp³-hybridized carbons (Fsp3) is 0.500. The van der Waals surface area contributed by atoms with Crippen LogP contribution in [0.5, 0.6) is 0 Å². The van der Waals surface area contributed by atoms with Crippen LogP contribution in [0.25, 0.3) is 5.57 Å². The van der Waals surface area contributed by atoms with Gasteiger partial charge in [0.05, 0.1) is 6.10 Å². The summed E-state index contributed by atoms with van der Waals surface area (Å²) in [6.07, 6.45) is 2.75. The number of carbonyl (C=O) groups is 1. The van der Waals surface area contributed by atoms with Crippen LogP contribution < -0.4 is 0 Å². The zero-order chi connectivity index (χ0) is 18.6. The molecule has 2 nitrogen and oxygen atoms in total. The van der Waals surface area contributed by atoms with Crippen molar-refractivity contribution >= 4 is 19.7 Å². The molecule has 0 aromatic heterocycles. The Morgan fingerprint density at radius 2 is 1.72 bits per heavy atom. The predicted molar refractivity (Wildman–Crippen MR) is 107 cm³/mol. The molecule has 3 heteroatoms. The van der Waals surface area contributed by atoms with Crippen molar-refractivity contribution in [1.29, 1.82) is 0 Å². The lowest BCUT2D eigenvalue weighted by Gasteiger charge is -2.42. The van der Waals surface area contributed by atoms with Gasteiger partial charge in [-0.3, -0.25) is 4.79 Å². The van der Waals surface area contributed by atoms with Crippen LogP contribution in [-0.4, -0.2) is 20.2 Å². The van der Waals surface area contributed by atoms with Crippen LogP contribution in [0.2, 0.25) is 18.1 Å². The molecule has 0 amide bonds. The van der Waals surface area contributed by atoms with Gasteiger partial charge in [-0.1, -0.05) is 71.0 Å². The number of benzene rings is 1. The molecule has 0 radical (unpaired) electrons. The Hall–Kier alpha value is -1.45. The fourth-order valence-corrected chi connectivity index (χ4v) is 4.96. The van der Waals surface area contributed by atoms with Gasteiger partial charge in [-0.25, -0.2) is 0 Å². The maximum Gasteiger partial charge on any atom is 0.192 e. The van der Waals surface area contributed by atoms with Gasteiger partial charge in [-0.2, -0.15) is 0 Å². The summed E-state index contributed by atoms with van der Waals surface area (Å²) in [5.74, 6) is 0.229. The van der Waals surface area contributed by atoms with Crippen LogP contribution in [0.1, 0.15) is 46.6 Å². The minimum absolute atomic E-state index is 0.0370. The molecule has 1 unspecified atom stereocenters. The highest BCUT2D eigenvalue weighted by Gasteiger charge is 2.49. The third kappa shape index (κ3) is 3.09. The van der Waals surface area contributed by atoms with Gasteiger partial charge < -0.3 is 4.43 Å². The quantitative estimate of drug-likeness (QED) is 0.644. The number of ketones is 1. The molecule has 25 heavy (non-hydrogen) atoms. The molecule has 0 spiro atoms. The topological polar surface area (TPSA) is 26.3 Å². The van der Waals surface area contributed by atoms with Gasteiger partial charge in [-0.15, -0.1) is 0 Å². The maximum atomic E-state index is 12.8. The number of fused-ring (bicyclic) bond motifs is 1. The smallest absolute Gasteiger partial charge is 0.192 e. The van der Waals surface area contributed by atoms with Crippen LogP contribution in [0.15, 0.2) is 47.6 Å². The lowest BCUT2D eigenvalue weighted by Crippen LogP contribution is -2.47. The van der Waals surface area contributed by atoms with Crippen molar-refractivity contribution in [2.75, 3.05) is 0 Å². The Morgan fingerprint density at radius 1 is 1.12 bits per heavy atom. The minimum Gasteiger partial charge on any atom is -0.409 e. The summed E-state index contributed by atoms with van der Waals surface area (Å²) in [5.41, 5.74) is 4.14. The van der Waals surface area contributed by atoms with Crippen molar-refractivity contribution in [1.82, 2.24) is 0 Å². The van der Waals surface area contributed by atoms with Crippen molar-refractivity contribution in [3.63, 3.8) is 0 Å². The first-order valence-electron chi connectivity index (χ1n) is 9.17. The highest BCUT2D eigenvalue weighted by Crippen LogP contribution is 2.52.